The molecule has 8 nitrogen and oxygen atoms in total. The molecule has 0 aliphatic carbocycles. The number of aromatic carboxylic acids is 1. The minimum absolute atomic E-state index is 0.157. The van der Waals surface area contributed by atoms with E-state index in [1.165, 1.54) is 11.3 Å². The maximum Gasteiger partial charge on any atom is 0.335 e. The Morgan fingerprint density at radius 3 is 2.24 bits per heavy atom. The first-order chi connectivity index (χ1) is 18.0. The van der Waals surface area contributed by atoms with Crippen molar-refractivity contribution in [3.63, 3.8) is 0 Å². The summed E-state index contributed by atoms with van der Waals surface area (Å²) >= 11 is 1.37. The fourth-order valence-electron chi connectivity index (χ4n) is 3.81. The van der Waals surface area contributed by atoms with Crippen LogP contribution in [0, 0.1) is 0 Å². The van der Waals surface area contributed by atoms with E-state index in [1.807, 2.05) is 48.8 Å². The number of rotatable bonds is 11. The van der Waals surface area contributed by atoms with Gasteiger partial charge in [0.15, 0.2) is 16.6 Å². The van der Waals surface area contributed by atoms with Crippen LogP contribution < -0.4 is 20.1 Å². The van der Waals surface area contributed by atoms with E-state index in [1.54, 1.807) is 37.6 Å². The van der Waals surface area contributed by atoms with Gasteiger partial charge in [-0.25, -0.2) is 9.78 Å². The molecule has 0 aliphatic heterocycles. The van der Waals surface area contributed by atoms with E-state index < -0.39 is 5.97 Å². The third-order valence-electron chi connectivity index (χ3n) is 5.71. The molecule has 37 heavy (non-hydrogen) atoms. The van der Waals surface area contributed by atoms with E-state index in [9.17, 15) is 9.59 Å². The Bertz CT molecular complexity index is 1350. The summed E-state index contributed by atoms with van der Waals surface area (Å²) < 4.78 is 11.8. The van der Waals surface area contributed by atoms with E-state index in [0.717, 1.165) is 35.2 Å². The molecule has 4 rings (SSSR count). The maximum atomic E-state index is 12.7. The number of likely N-dealkylation sites (N-methyl/N-ethyl adjacent to an activating group) is 1. The fourth-order valence-corrected chi connectivity index (χ4v) is 4.35. The highest BCUT2D eigenvalue weighted by molar-refractivity contribution is 7.13. The van der Waals surface area contributed by atoms with Gasteiger partial charge in [0.2, 0.25) is 5.91 Å². The van der Waals surface area contributed by atoms with Crippen LogP contribution >= 0.6 is 11.3 Å². The molecule has 9 heteroatoms. The molecule has 0 saturated carbocycles. The van der Waals surface area contributed by atoms with Crippen molar-refractivity contribution in [2.24, 2.45) is 0 Å². The fraction of sp³-hybridized carbons (Fsp3) is 0.179. The molecule has 0 radical (unpaired) electrons. The minimum atomic E-state index is -0.957. The van der Waals surface area contributed by atoms with E-state index in [2.05, 4.69) is 15.6 Å². The summed E-state index contributed by atoms with van der Waals surface area (Å²) in [4.78, 5) is 27.9. The van der Waals surface area contributed by atoms with Crippen LogP contribution in [0.2, 0.25) is 0 Å². The number of thiazole rings is 1. The Kier molecular flexibility index (Phi) is 8.50. The van der Waals surface area contributed by atoms with Crippen molar-refractivity contribution in [2.45, 2.75) is 12.8 Å². The zero-order chi connectivity index (χ0) is 26.2. The molecule has 0 fully saturated rings. The number of carboxylic acid groups (broad SMARTS) is 1. The first-order valence-corrected chi connectivity index (χ1v) is 12.5. The average molecular weight is 518 g/mol. The van der Waals surface area contributed by atoms with Gasteiger partial charge in [-0.3, -0.25) is 4.79 Å². The highest BCUT2D eigenvalue weighted by Crippen LogP contribution is 2.36. The molecule has 0 spiro atoms. The van der Waals surface area contributed by atoms with Crippen molar-refractivity contribution in [3.05, 3.63) is 88.9 Å². The topological polar surface area (TPSA) is 110 Å². The Hall–Kier alpha value is -4.21. The van der Waals surface area contributed by atoms with E-state index in [-0.39, 0.29) is 17.9 Å². The van der Waals surface area contributed by atoms with Gasteiger partial charge in [0.1, 0.15) is 5.75 Å². The summed E-state index contributed by atoms with van der Waals surface area (Å²) in [7, 11) is 3.47. The van der Waals surface area contributed by atoms with Crippen molar-refractivity contribution in [3.8, 4) is 28.4 Å². The van der Waals surface area contributed by atoms with Crippen LogP contribution in [0.4, 0.5) is 5.13 Å². The molecule has 4 aromatic rings. The third-order valence-corrected chi connectivity index (χ3v) is 6.40. The smallest absolute Gasteiger partial charge is 0.335 e. The second kappa shape index (κ2) is 12.2. The highest BCUT2D eigenvalue weighted by Gasteiger charge is 2.16. The lowest BCUT2D eigenvalue weighted by Gasteiger charge is -2.16. The van der Waals surface area contributed by atoms with Crippen molar-refractivity contribution in [2.75, 3.05) is 26.0 Å². The van der Waals surface area contributed by atoms with Crippen LogP contribution in [-0.4, -0.2) is 42.7 Å². The van der Waals surface area contributed by atoms with Crippen LogP contribution in [0.1, 0.15) is 21.5 Å². The van der Waals surface area contributed by atoms with Gasteiger partial charge in [-0.2, -0.15) is 0 Å². The lowest BCUT2D eigenvalue weighted by Crippen LogP contribution is -2.17. The van der Waals surface area contributed by atoms with Gasteiger partial charge in [-0.1, -0.05) is 24.3 Å². The Morgan fingerprint density at radius 1 is 0.973 bits per heavy atom. The quantitative estimate of drug-likeness (QED) is 0.249. The highest BCUT2D eigenvalue weighted by atomic mass is 32.1. The van der Waals surface area contributed by atoms with E-state index in [4.69, 9.17) is 14.6 Å². The first-order valence-electron chi connectivity index (χ1n) is 11.6. The van der Waals surface area contributed by atoms with Crippen molar-refractivity contribution in [1.29, 1.82) is 0 Å². The van der Waals surface area contributed by atoms with Gasteiger partial charge in [0.05, 0.1) is 19.1 Å². The molecule has 1 aromatic heterocycles. The number of hydrogen-bond donors (Lipinski definition) is 3. The number of aromatic nitrogens is 1. The van der Waals surface area contributed by atoms with Crippen molar-refractivity contribution in [1.82, 2.24) is 10.3 Å². The largest absolute Gasteiger partial charge is 0.493 e. The van der Waals surface area contributed by atoms with Gasteiger partial charge >= 0.3 is 5.97 Å². The number of carbonyl (C=O) groups is 2. The summed E-state index contributed by atoms with van der Waals surface area (Å²) in [5.74, 6) is 0.566. The number of nitrogens with zero attached hydrogens (tertiary/aromatic N) is 1. The number of hydrogen-bond acceptors (Lipinski definition) is 7. The maximum absolute atomic E-state index is 12.7. The first kappa shape index (κ1) is 25.9. The van der Waals surface area contributed by atoms with Gasteiger partial charge in [0, 0.05) is 11.6 Å². The van der Waals surface area contributed by atoms with E-state index in [0.29, 0.717) is 22.4 Å². The Labute approximate surface area is 218 Å². The summed E-state index contributed by atoms with van der Waals surface area (Å²) in [6.07, 6.45) is 2.54. The SMILES string of the molecule is CNCCc1cc(OC)c(Oc2ccc(-c3ccc(C(=O)O)cc3)cc2)cc1CC(=O)Nc1nccs1. The molecular formula is C28H27N3O5S. The monoisotopic (exact) mass is 517 g/mol. The average Bonchev–Trinajstić information content (AvgIpc) is 3.41. The predicted molar refractivity (Wildman–Crippen MR) is 144 cm³/mol. The van der Waals surface area contributed by atoms with Crippen LogP contribution in [0.25, 0.3) is 11.1 Å². The molecule has 3 N–H and O–H groups in total. The molecule has 0 bridgehead atoms. The van der Waals surface area contributed by atoms with Crippen LogP contribution in [0.3, 0.4) is 0 Å². The number of carbonyl (C=O) groups excluding carboxylic acids is 1. The molecule has 0 unspecified atom stereocenters. The second-order valence-corrected chi connectivity index (χ2v) is 9.09. The van der Waals surface area contributed by atoms with Gasteiger partial charge in [-0.05, 0) is 78.7 Å². The van der Waals surface area contributed by atoms with Gasteiger partial charge < -0.3 is 25.2 Å². The molecule has 190 valence electrons. The summed E-state index contributed by atoms with van der Waals surface area (Å²) in [5, 5.41) is 17.4. The lowest BCUT2D eigenvalue weighted by atomic mass is 10.00. The third kappa shape index (κ3) is 6.72. The lowest BCUT2D eigenvalue weighted by molar-refractivity contribution is -0.115. The molecule has 0 aliphatic rings. The summed E-state index contributed by atoms with van der Waals surface area (Å²) in [6, 6.07) is 17.9. The number of methoxy groups -OCH3 is 1. The normalized spacial score (nSPS) is 10.6. The number of ether oxygens (including phenoxy) is 2. The van der Waals surface area contributed by atoms with E-state index >= 15 is 0 Å². The second-order valence-electron chi connectivity index (χ2n) is 8.20. The Balaban J connectivity index is 1.56. The molecule has 0 atom stereocenters. The number of amides is 1. The Morgan fingerprint density at radius 2 is 1.65 bits per heavy atom. The standard InChI is InChI=1S/C28H27N3O5S/c1-29-12-11-21-15-24(35-2)25(16-22(21)17-26(32)31-28-30-13-14-37-28)36-23-9-7-19(8-10-23)18-3-5-20(6-4-18)27(33)34/h3-10,13-16,29H,11-12,17H2,1-2H3,(H,33,34)(H,30,31,32). The van der Waals surface area contributed by atoms with Gasteiger partial charge in [-0.15, -0.1) is 11.3 Å². The summed E-state index contributed by atoms with van der Waals surface area (Å²) in [5.41, 5.74) is 3.91. The number of carboxylic acids is 1. The van der Waals surface area contributed by atoms with Crippen LogP contribution in [0.15, 0.2) is 72.2 Å². The molecule has 3 aromatic carbocycles. The van der Waals surface area contributed by atoms with Crippen LogP contribution in [0.5, 0.6) is 17.2 Å². The number of benzene rings is 3. The zero-order valence-electron chi connectivity index (χ0n) is 20.5. The van der Waals surface area contributed by atoms with Crippen LogP contribution in [-0.2, 0) is 17.6 Å². The van der Waals surface area contributed by atoms with Gasteiger partial charge in [0.25, 0.3) is 0 Å². The predicted octanol–water partition coefficient (Wildman–Crippen LogP) is 5.25. The molecule has 1 amide bonds. The molecule has 0 saturated heterocycles. The van der Waals surface area contributed by atoms with Crippen molar-refractivity contribution >= 4 is 28.3 Å². The minimum Gasteiger partial charge on any atom is -0.493 e. The number of nitrogens with one attached hydrogen (secondary N) is 2. The number of anilines is 1. The van der Waals surface area contributed by atoms with Crippen molar-refractivity contribution < 1.29 is 24.2 Å². The zero-order valence-corrected chi connectivity index (χ0v) is 21.3. The summed E-state index contributed by atoms with van der Waals surface area (Å²) in [6.45, 7) is 0.749. The molecular weight excluding hydrogens is 490 g/mol. The molecule has 1 heterocycles.